The average molecular weight is 133 g/mol. The van der Waals surface area contributed by atoms with Gasteiger partial charge in [0.05, 0.1) is 5.88 Å². The fourth-order valence-corrected chi connectivity index (χ4v) is 0.846. The Kier molecular flexibility index (Phi) is 1.79. The van der Waals surface area contributed by atoms with Crippen molar-refractivity contribution in [1.82, 2.24) is 0 Å². The summed E-state index contributed by atoms with van der Waals surface area (Å²) in [5.41, 5.74) is 0. The molecule has 1 nitrogen and oxygen atoms in total. The van der Waals surface area contributed by atoms with Gasteiger partial charge < -0.3 is 4.74 Å². The van der Waals surface area contributed by atoms with Gasteiger partial charge in [-0.2, -0.15) is 0 Å². The molecule has 1 aliphatic heterocycles. The van der Waals surface area contributed by atoms with E-state index in [9.17, 15) is 0 Å². The van der Waals surface area contributed by atoms with Gasteiger partial charge >= 0.3 is 0 Å². The van der Waals surface area contributed by atoms with Crippen LogP contribution in [-0.2, 0) is 4.74 Å². The zero-order chi connectivity index (χ0) is 5.98. The summed E-state index contributed by atoms with van der Waals surface area (Å²) in [6.07, 6.45) is 2.21. The Morgan fingerprint density at radius 2 is 2.25 bits per heavy atom. The first-order chi connectivity index (χ1) is 3.88. The number of hydrogen-bond acceptors (Lipinski definition) is 1. The highest BCUT2D eigenvalue weighted by Crippen LogP contribution is 2.30. The minimum Gasteiger partial charge on any atom is -0.458 e. The lowest BCUT2D eigenvalue weighted by molar-refractivity contribution is 0.454. The molecule has 0 radical (unpaired) electrons. The largest absolute Gasteiger partial charge is 0.458 e. The van der Waals surface area contributed by atoms with Crippen LogP contribution in [0.25, 0.3) is 0 Å². The Bertz CT molecular complexity index is 118. The van der Waals surface area contributed by atoms with Crippen molar-refractivity contribution < 1.29 is 4.74 Å². The standard InChI is InChI=1S/C6H9ClO/c1-2-3-5-6(4-7)8-5/h2-4H2,1H3. The molecule has 0 saturated carbocycles. The Labute approximate surface area is 54.3 Å². The SMILES string of the molecule is CCCC1=C(CCl)O1. The molecule has 0 N–H and O–H groups in total. The average Bonchev–Trinajstić information content (AvgIpc) is 2.48. The Balaban J connectivity index is 2.20. The molecule has 0 spiro atoms. The molecular formula is C6H9ClO. The van der Waals surface area contributed by atoms with Gasteiger partial charge in [0.1, 0.15) is 5.76 Å². The minimum atomic E-state index is 0.551. The van der Waals surface area contributed by atoms with Crippen molar-refractivity contribution in [3.05, 3.63) is 11.5 Å². The molecule has 0 bridgehead atoms. The predicted octanol–water partition coefficient (Wildman–Crippen LogP) is 2.27. The third kappa shape index (κ3) is 1.16. The predicted molar refractivity (Wildman–Crippen MR) is 33.7 cm³/mol. The molecule has 0 unspecified atom stereocenters. The van der Waals surface area contributed by atoms with Crippen LogP contribution >= 0.6 is 11.6 Å². The third-order valence-electron chi connectivity index (χ3n) is 1.11. The van der Waals surface area contributed by atoms with Gasteiger partial charge in [-0.3, -0.25) is 0 Å². The Morgan fingerprint density at radius 3 is 2.62 bits per heavy atom. The van der Waals surface area contributed by atoms with Gasteiger partial charge in [0.25, 0.3) is 0 Å². The van der Waals surface area contributed by atoms with Crippen LogP contribution in [0.4, 0.5) is 0 Å². The minimum absolute atomic E-state index is 0.551. The van der Waals surface area contributed by atoms with Crippen molar-refractivity contribution in [3.63, 3.8) is 0 Å². The molecule has 1 rings (SSSR count). The van der Waals surface area contributed by atoms with Crippen LogP contribution in [0.1, 0.15) is 19.8 Å². The molecule has 8 heavy (non-hydrogen) atoms. The first-order valence-corrected chi connectivity index (χ1v) is 3.37. The van der Waals surface area contributed by atoms with E-state index in [0.717, 1.165) is 24.4 Å². The van der Waals surface area contributed by atoms with Gasteiger partial charge in [-0.05, 0) is 6.42 Å². The van der Waals surface area contributed by atoms with Gasteiger partial charge in [0.2, 0.25) is 0 Å². The zero-order valence-electron chi connectivity index (χ0n) is 4.91. The van der Waals surface area contributed by atoms with Crippen LogP contribution in [0.5, 0.6) is 0 Å². The Morgan fingerprint density at radius 1 is 1.50 bits per heavy atom. The Hall–Kier alpha value is -0.170. The van der Waals surface area contributed by atoms with Gasteiger partial charge in [0, 0.05) is 6.42 Å². The molecule has 0 fully saturated rings. The molecule has 0 atom stereocenters. The van der Waals surface area contributed by atoms with E-state index in [0.29, 0.717) is 5.88 Å². The number of ether oxygens (including phenoxy) is 1. The van der Waals surface area contributed by atoms with Crippen molar-refractivity contribution in [2.45, 2.75) is 19.8 Å². The number of alkyl halides is 1. The van der Waals surface area contributed by atoms with Gasteiger partial charge in [-0.15, -0.1) is 11.6 Å². The molecule has 0 amide bonds. The maximum absolute atomic E-state index is 5.45. The van der Waals surface area contributed by atoms with Crippen LogP contribution in [0.15, 0.2) is 11.5 Å². The summed E-state index contributed by atoms with van der Waals surface area (Å²) >= 11 is 5.45. The molecule has 0 aliphatic carbocycles. The van der Waals surface area contributed by atoms with E-state index in [1.54, 1.807) is 0 Å². The smallest absolute Gasteiger partial charge is 0.157 e. The number of hydrogen-bond donors (Lipinski definition) is 0. The van der Waals surface area contributed by atoms with Crippen molar-refractivity contribution in [1.29, 1.82) is 0 Å². The second kappa shape index (κ2) is 2.40. The summed E-state index contributed by atoms with van der Waals surface area (Å²) in [6, 6.07) is 0. The summed E-state index contributed by atoms with van der Waals surface area (Å²) in [5, 5.41) is 0. The summed E-state index contributed by atoms with van der Waals surface area (Å²) in [6.45, 7) is 2.13. The summed E-state index contributed by atoms with van der Waals surface area (Å²) < 4.78 is 5.01. The van der Waals surface area contributed by atoms with E-state index in [1.165, 1.54) is 0 Å². The molecule has 0 saturated heterocycles. The van der Waals surface area contributed by atoms with E-state index in [1.807, 2.05) is 0 Å². The fraction of sp³-hybridized carbons (Fsp3) is 0.667. The second-order valence-corrected chi connectivity index (χ2v) is 2.10. The molecule has 0 aromatic rings. The topological polar surface area (TPSA) is 12.5 Å². The van der Waals surface area contributed by atoms with Crippen LogP contribution in [-0.4, -0.2) is 5.88 Å². The quantitative estimate of drug-likeness (QED) is 0.537. The van der Waals surface area contributed by atoms with Crippen molar-refractivity contribution in [2.24, 2.45) is 0 Å². The lowest BCUT2D eigenvalue weighted by Gasteiger charge is -1.76. The lowest BCUT2D eigenvalue weighted by Crippen LogP contribution is -1.61. The molecular weight excluding hydrogens is 124 g/mol. The van der Waals surface area contributed by atoms with E-state index in [2.05, 4.69) is 6.92 Å². The molecule has 1 aliphatic rings. The van der Waals surface area contributed by atoms with E-state index < -0.39 is 0 Å². The van der Waals surface area contributed by atoms with E-state index in [4.69, 9.17) is 16.3 Å². The highest BCUT2D eigenvalue weighted by atomic mass is 35.5. The van der Waals surface area contributed by atoms with Crippen molar-refractivity contribution in [3.8, 4) is 0 Å². The highest BCUT2D eigenvalue weighted by Gasteiger charge is 2.21. The maximum atomic E-state index is 5.45. The van der Waals surface area contributed by atoms with Crippen molar-refractivity contribution in [2.75, 3.05) is 5.88 Å². The van der Waals surface area contributed by atoms with Gasteiger partial charge in [-0.1, -0.05) is 6.92 Å². The monoisotopic (exact) mass is 132 g/mol. The summed E-state index contributed by atoms with van der Waals surface area (Å²) in [4.78, 5) is 0. The fourth-order valence-electron chi connectivity index (χ4n) is 0.643. The first kappa shape index (κ1) is 5.96. The molecule has 2 heteroatoms. The van der Waals surface area contributed by atoms with Gasteiger partial charge in [0.15, 0.2) is 5.76 Å². The van der Waals surface area contributed by atoms with Crippen molar-refractivity contribution >= 4 is 11.6 Å². The first-order valence-electron chi connectivity index (χ1n) is 2.84. The number of halogens is 1. The molecule has 1 heterocycles. The van der Waals surface area contributed by atoms with Crippen LogP contribution < -0.4 is 0 Å². The highest BCUT2D eigenvalue weighted by molar-refractivity contribution is 6.19. The number of allylic oxidation sites excluding steroid dienone is 2. The van der Waals surface area contributed by atoms with Gasteiger partial charge in [-0.25, -0.2) is 0 Å². The van der Waals surface area contributed by atoms with E-state index >= 15 is 0 Å². The number of rotatable bonds is 3. The summed E-state index contributed by atoms with van der Waals surface area (Å²) in [5.74, 6) is 2.66. The second-order valence-electron chi connectivity index (χ2n) is 1.83. The third-order valence-corrected chi connectivity index (χ3v) is 1.36. The lowest BCUT2D eigenvalue weighted by atomic mass is 10.3. The summed E-state index contributed by atoms with van der Waals surface area (Å²) in [7, 11) is 0. The van der Waals surface area contributed by atoms with Crippen LogP contribution in [0.3, 0.4) is 0 Å². The van der Waals surface area contributed by atoms with Crippen LogP contribution in [0, 0.1) is 0 Å². The normalized spacial score (nSPS) is 16.2. The molecule has 0 aromatic heterocycles. The van der Waals surface area contributed by atoms with E-state index in [-0.39, 0.29) is 0 Å². The molecule has 46 valence electrons. The molecule has 0 aromatic carbocycles. The van der Waals surface area contributed by atoms with Crippen LogP contribution in [0.2, 0.25) is 0 Å². The zero-order valence-corrected chi connectivity index (χ0v) is 5.66. The maximum Gasteiger partial charge on any atom is 0.157 e.